The van der Waals surface area contributed by atoms with Gasteiger partial charge in [-0.1, -0.05) is 26.2 Å². The van der Waals surface area contributed by atoms with Gasteiger partial charge in [-0.05, 0) is 6.42 Å². The smallest absolute Gasteiger partial charge is 0.245 e. The van der Waals surface area contributed by atoms with E-state index in [1.54, 1.807) is 13.4 Å². The number of aromatic amines is 1. The Bertz CT molecular complexity index is 496. The molecular formula is C12H19N5O. The summed E-state index contributed by atoms with van der Waals surface area (Å²) in [6.45, 7) is 2.87. The molecule has 0 aliphatic heterocycles. The first-order valence-electron chi connectivity index (χ1n) is 6.36. The molecule has 0 saturated carbocycles. The number of hydrogen-bond donors (Lipinski definition) is 2. The topological polar surface area (TPSA) is 75.7 Å². The highest BCUT2D eigenvalue weighted by Crippen LogP contribution is 2.20. The molecule has 0 radical (unpaired) electrons. The summed E-state index contributed by atoms with van der Waals surface area (Å²) < 4.78 is 5.70. The van der Waals surface area contributed by atoms with Gasteiger partial charge in [-0.25, -0.2) is 4.98 Å². The quantitative estimate of drug-likeness (QED) is 0.737. The highest BCUT2D eigenvalue weighted by molar-refractivity contribution is 5.76. The van der Waals surface area contributed by atoms with E-state index in [1.165, 1.54) is 19.3 Å². The van der Waals surface area contributed by atoms with Crippen LogP contribution in [-0.4, -0.2) is 33.6 Å². The number of imidazole rings is 1. The van der Waals surface area contributed by atoms with Crippen molar-refractivity contribution in [3.8, 4) is 5.88 Å². The second-order valence-electron chi connectivity index (χ2n) is 4.11. The molecule has 0 fully saturated rings. The zero-order valence-corrected chi connectivity index (χ0v) is 10.9. The van der Waals surface area contributed by atoms with Crippen molar-refractivity contribution in [3.05, 3.63) is 6.33 Å². The molecule has 0 aliphatic carbocycles. The Balaban J connectivity index is 2.04. The molecule has 0 amide bonds. The molecule has 0 atom stereocenters. The van der Waals surface area contributed by atoms with Gasteiger partial charge in [-0.3, -0.25) is 0 Å². The highest BCUT2D eigenvalue weighted by Gasteiger charge is 2.10. The number of fused-ring (bicyclic) bond motifs is 1. The molecule has 2 N–H and O–H groups in total. The van der Waals surface area contributed by atoms with Crippen LogP contribution in [0.15, 0.2) is 6.33 Å². The van der Waals surface area contributed by atoms with Crippen LogP contribution in [0.4, 0.5) is 5.95 Å². The molecule has 6 nitrogen and oxygen atoms in total. The summed E-state index contributed by atoms with van der Waals surface area (Å²) in [5.41, 5.74) is 1.38. The number of anilines is 1. The standard InChI is InChI=1S/C12H19N5O/c1-3-4-5-6-7-18-11-9-10(15-8-14-9)16-12(13-2)17-11/h8H,3-7H2,1-2H3,(H2,13,14,15,16,17). The molecule has 2 rings (SSSR count). The van der Waals surface area contributed by atoms with E-state index in [4.69, 9.17) is 4.74 Å². The molecule has 18 heavy (non-hydrogen) atoms. The lowest BCUT2D eigenvalue weighted by atomic mass is 10.2. The molecule has 2 heterocycles. The van der Waals surface area contributed by atoms with Crippen molar-refractivity contribution in [1.82, 2.24) is 19.9 Å². The lowest BCUT2D eigenvalue weighted by Crippen LogP contribution is -2.03. The van der Waals surface area contributed by atoms with E-state index in [-0.39, 0.29) is 0 Å². The summed E-state index contributed by atoms with van der Waals surface area (Å²) in [7, 11) is 1.78. The molecule has 0 saturated heterocycles. The first-order valence-corrected chi connectivity index (χ1v) is 6.36. The third-order valence-electron chi connectivity index (χ3n) is 2.71. The largest absolute Gasteiger partial charge is 0.476 e. The Morgan fingerprint density at radius 3 is 2.94 bits per heavy atom. The zero-order chi connectivity index (χ0) is 12.8. The Morgan fingerprint density at radius 2 is 2.17 bits per heavy atom. The number of nitrogens with one attached hydrogen (secondary N) is 2. The predicted molar refractivity (Wildman–Crippen MR) is 70.9 cm³/mol. The SMILES string of the molecule is CCCCCCOc1nc(NC)nc2nc[nH]c12. The number of hydrogen-bond acceptors (Lipinski definition) is 5. The summed E-state index contributed by atoms with van der Waals surface area (Å²) >= 11 is 0. The molecule has 0 bridgehead atoms. The van der Waals surface area contributed by atoms with Gasteiger partial charge in [0, 0.05) is 7.05 Å². The van der Waals surface area contributed by atoms with Gasteiger partial charge in [-0.15, -0.1) is 0 Å². The fourth-order valence-corrected chi connectivity index (χ4v) is 1.72. The van der Waals surface area contributed by atoms with Gasteiger partial charge in [0.25, 0.3) is 0 Å². The van der Waals surface area contributed by atoms with Crippen LogP contribution >= 0.6 is 0 Å². The van der Waals surface area contributed by atoms with Crippen LogP contribution in [0.3, 0.4) is 0 Å². The number of rotatable bonds is 7. The first-order chi connectivity index (χ1) is 8.85. The first kappa shape index (κ1) is 12.6. The Hall–Kier alpha value is -1.85. The molecule has 6 heteroatoms. The van der Waals surface area contributed by atoms with Crippen molar-refractivity contribution in [2.24, 2.45) is 0 Å². The molecule has 98 valence electrons. The summed E-state index contributed by atoms with van der Waals surface area (Å²) in [6.07, 6.45) is 6.30. The van der Waals surface area contributed by atoms with Crippen LogP contribution in [-0.2, 0) is 0 Å². The van der Waals surface area contributed by atoms with Crippen LogP contribution in [0, 0.1) is 0 Å². The van der Waals surface area contributed by atoms with Crippen molar-refractivity contribution in [2.75, 3.05) is 19.0 Å². The minimum Gasteiger partial charge on any atom is -0.476 e. The summed E-state index contributed by atoms with van der Waals surface area (Å²) in [4.78, 5) is 15.6. The number of ether oxygens (including phenoxy) is 1. The van der Waals surface area contributed by atoms with E-state index in [0.29, 0.717) is 24.1 Å². The van der Waals surface area contributed by atoms with Crippen molar-refractivity contribution in [1.29, 1.82) is 0 Å². The van der Waals surface area contributed by atoms with E-state index in [9.17, 15) is 0 Å². The van der Waals surface area contributed by atoms with Gasteiger partial charge in [0.2, 0.25) is 11.8 Å². The van der Waals surface area contributed by atoms with Crippen LogP contribution in [0.1, 0.15) is 32.6 Å². The van der Waals surface area contributed by atoms with Crippen LogP contribution in [0.2, 0.25) is 0 Å². The maximum Gasteiger partial charge on any atom is 0.245 e. The van der Waals surface area contributed by atoms with E-state index in [2.05, 4.69) is 32.2 Å². The average molecular weight is 249 g/mol. The van der Waals surface area contributed by atoms with Gasteiger partial charge < -0.3 is 15.0 Å². The van der Waals surface area contributed by atoms with E-state index in [1.807, 2.05) is 0 Å². The number of aromatic nitrogens is 4. The van der Waals surface area contributed by atoms with Crippen LogP contribution in [0.5, 0.6) is 5.88 Å². The van der Waals surface area contributed by atoms with Crippen LogP contribution < -0.4 is 10.1 Å². The molecule has 0 spiro atoms. The normalized spacial score (nSPS) is 10.8. The molecule has 2 aromatic heterocycles. The number of unbranched alkanes of at least 4 members (excludes halogenated alkanes) is 3. The third-order valence-corrected chi connectivity index (χ3v) is 2.71. The van der Waals surface area contributed by atoms with Gasteiger partial charge in [0.1, 0.15) is 5.52 Å². The predicted octanol–water partition coefficient (Wildman–Crippen LogP) is 2.35. The molecule has 0 aliphatic rings. The van der Waals surface area contributed by atoms with Crippen molar-refractivity contribution in [2.45, 2.75) is 32.6 Å². The second kappa shape index (κ2) is 6.18. The Morgan fingerprint density at radius 1 is 1.28 bits per heavy atom. The summed E-state index contributed by atoms with van der Waals surface area (Å²) in [6, 6.07) is 0. The molecule has 0 aromatic carbocycles. The monoisotopic (exact) mass is 249 g/mol. The molecule has 2 aromatic rings. The molecule has 0 unspecified atom stereocenters. The number of H-pyrrole nitrogens is 1. The minimum atomic E-state index is 0.526. The Labute approximate surface area is 106 Å². The zero-order valence-electron chi connectivity index (χ0n) is 10.9. The van der Waals surface area contributed by atoms with Gasteiger partial charge in [0.15, 0.2) is 5.65 Å². The lowest BCUT2D eigenvalue weighted by Gasteiger charge is -2.07. The molecular weight excluding hydrogens is 230 g/mol. The van der Waals surface area contributed by atoms with Crippen LogP contribution in [0.25, 0.3) is 11.2 Å². The number of nitrogens with zero attached hydrogens (tertiary/aromatic N) is 3. The Kier molecular flexibility index (Phi) is 4.33. The van der Waals surface area contributed by atoms with Gasteiger partial charge in [-0.2, -0.15) is 9.97 Å². The highest BCUT2D eigenvalue weighted by atomic mass is 16.5. The minimum absolute atomic E-state index is 0.526. The fraction of sp³-hybridized carbons (Fsp3) is 0.583. The van der Waals surface area contributed by atoms with Gasteiger partial charge >= 0.3 is 0 Å². The van der Waals surface area contributed by atoms with Crippen molar-refractivity contribution >= 4 is 17.1 Å². The summed E-state index contributed by atoms with van der Waals surface area (Å²) in [5.74, 6) is 1.09. The lowest BCUT2D eigenvalue weighted by molar-refractivity contribution is 0.297. The van der Waals surface area contributed by atoms with E-state index < -0.39 is 0 Å². The second-order valence-corrected chi connectivity index (χ2v) is 4.11. The average Bonchev–Trinajstić information content (AvgIpc) is 2.86. The summed E-state index contributed by atoms with van der Waals surface area (Å²) in [5, 5.41) is 2.90. The maximum atomic E-state index is 5.70. The van der Waals surface area contributed by atoms with Gasteiger partial charge in [0.05, 0.1) is 12.9 Å². The maximum absolute atomic E-state index is 5.70. The van der Waals surface area contributed by atoms with E-state index in [0.717, 1.165) is 11.9 Å². The van der Waals surface area contributed by atoms with E-state index >= 15 is 0 Å². The fourth-order valence-electron chi connectivity index (χ4n) is 1.72. The van der Waals surface area contributed by atoms with Crippen molar-refractivity contribution < 1.29 is 4.74 Å². The van der Waals surface area contributed by atoms with Crippen molar-refractivity contribution in [3.63, 3.8) is 0 Å². The third kappa shape index (κ3) is 2.88.